The average Bonchev–Trinajstić information content (AvgIpc) is 3.09. The van der Waals surface area contributed by atoms with Crippen LogP contribution >= 0.6 is 0 Å². The lowest BCUT2D eigenvalue weighted by Gasteiger charge is -2.22. The third-order valence-corrected chi connectivity index (χ3v) is 5.61. The number of nitrogens with zero attached hydrogens (tertiary/aromatic N) is 1. The highest BCUT2D eigenvalue weighted by atomic mass is 14.9. The molecular weight excluding hydrogens is 304 g/mol. The minimum atomic E-state index is 0.426. The topological polar surface area (TPSA) is 28.7 Å². The van der Waals surface area contributed by atoms with Crippen molar-refractivity contribution < 1.29 is 0 Å². The maximum atomic E-state index is 4.84. The molecule has 0 saturated heterocycles. The predicted octanol–water partition coefficient (Wildman–Crippen LogP) is 6.32. The first-order valence-corrected chi connectivity index (χ1v) is 9.77. The van der Waals surface area contributed by atoms with Crippen LogP contribution in [0.1, 0.15) is 80.3 Å². The number of fused-ring (bicyclic) bond motifs is 1. The van der Waals surface area contributed by atoms with Crippen LogP contribution < -0.4 is 0 Å². The number of hydrogen-bond acceptors (Lipinski definition) is 1. The molecule has 1 fully saturated rings. The van der Waals surface area contributed by atoms with E-state index < -0.39 is 0 Å². The first-order valence-electron chi connectivity index (χ1n) is 9.77. The van der Waals surface area contributed by atoms with Crippen molar-refractivity contribution in [3.05, 3.63) is 65.0 Å². The lowest BCUT2D eigenvalue weighted by atomic mass is 9.84. The van der Waals surface area contributed by atoms with Crippen molar-refractivity contribution in [2.24, 2.45) is 0 Å². The molecule has 3 aromatic rings. The first-order chi connectivity index (χ1) is 12.2. The molecule has 130 valence electrons. The standard InChI is InChI=1S/C23H28N2/c1-16(2)23-24-21-10-6-9-20(22(21)25-23)15-17-11-13-19(14-12-17)18-7-4-3-5-8-18/h6,9-14,16,18H,3-5,7-8,15H2,1-2H3,(H,24,25). The second kappa shape index (κ2) is 7.03. The van der Waals surface area contributed by atoms with E-state index in [4.69, 9.17) is 4.98 Å². The van der Waals surface area contributed by atoms with Gasteiger partial charge < -0.3 is 4.98 Å². The molecule has 0 spiro atoms. The molecule has 2 heteroatoms. The fraction of sp³-hybridized carbons (Fsp3) is 0.435. The van der Waals surface area contributed by atoms with Crippen LogP contribution in [0.2, 0.25) is 0 Å². The zero-order valence-corrected chi connectivity index (χ0v) is 15.4. The zero-order chi connectivity index (χ0) is 17.2. The van der Waals surface area contributed by atoms with E-state index in [9.17, 15) is 0 Å². The monoisotopic (exact) mass is 332 g/mol. The minimum Gasteiger partial charge on any atom is -0.342 e. The third-order valence-electron chi connectivity index (χ3n) is 5.61. The Morgan fingerprint density at radius 3 is 2.48 bits per heavy atom. The maximum absolute atomic E-state index is 4.84. The van der Waals surface area contributed by atoms with Crippen LogP contribution in [0, 0.1) is 0 Å². The molecule has 25 heavy (non-hydrogen) atoms. The lowest BCUT2D eigenvalue weighted by Crippen LogP contribution is -2.04. The fourth-order valence-corrected chi connectivity index (χ4v) is 4.09. The van der Waals surface area contributed by atoms with Gasteiger partial charge in [0.05, 0.1) is 11.0 Å². The highest BCUT2D eigenvalue weighted by molar-refractivity contribution is 5.79. The van der Waals surface area contributed by atoms with Crippen molar-refractivity contribution in [2.45, 2.75) is 64.2 Å². The van der Waals surface area contributed by atoms with Crippen LogP contribution in [0.5, 0.6) is 0 Å². The van der Waals surface area contributed by atoms with Gasteiger partial charge in [0.1, 0.15) is 5.82 Å². The van der Waals surface area contributed by atoms with Crippen molar-refractivity contribution in [3.63, 3.8) is 0 Å². The van der Waals surface area contributed by atoms with Gasteiger partial charge in [0.15, 0.2) is 0 Å². The van der Waals surface area contributed by atoms with E-state index in [0.29, 0.717) is 5.92 Å². The largest absolute Gasteiger partial charge is 0.342 e. The number of benzene rings is 2. The van der Waals surface area contributed by atoms with Gasteiger partial charge in [-0.25, -0.2) is 4.98 Å². The number of H-pyrrole nitrogens is 1. The lowest BCUT2D eigenvalue weighted by molar-refractivity contribution is 0.443. The molecule has 1 aromatic heterocycles. The summed E-state index contributed by atoms with van der Waals surface area (Å²) in [7, 11) is 0. The number of nitrogens with one attached hydrogen (secondary N) is 1. The summed E-state index contributed by atoms with van der Waals surface area (Å²) >= 11 is 0. The van der Waals surface area contributed by atoms with Gasteiger partial charge in [-0.05, 0) is 47.9 Å². The van der Waals surface area contributed by atoms with Crippen molar-refractivity contribution in [3.8, 4) is 0 Å². The van der Waals surface area contributed by atoms with Gasteiger partial charge in [-0.2, -0.15) is 0 Å². The SMILES string of the molecule is CC(C)c1nc2c(Cc3ccc(C4CCCCC4)cc3)cccc2[nH]1. The maximum Gasteiger partial charge on any atom is 0.109 e. The molecule has 0 unspecified atom stereocenters. The van der Waals surface area contributed by atoms with Gasteiger partial charge in [0, 0.05) is 5.92 Å². The normalized spacial score (nSPS) is 16.0. The van der Waals surface area contributed by atoms with E-state index >= 15 is 0 Å². The smallest absolute Gasteiger partial charge is 0.109 e. The van der Waals surface area contributed by atoms with Crippen molar-refractivity contribution in [1.82, 2.24) is 9.97 Å². The number of imidazole rings is 1. The van der Waals surface area contributed by atoms with Gasteiger partial charge in [-0.15, -0.1) is 0 Å². The van der Waals surface area contributed by atoms with Gasteiger partial charge in [-0.1, -0.05) is 69.5 Å². The van der Waals surface area contributed by atoms with E-state index in [1.54, 1.807) is 0 Å². The highest BCUT2D eigenvalue weighted by Gasteiger charge is 2.15. The molecule has 0 aliphatic heterocycles. The zero-order valence-electron chi connectivity index (χ0n) is 15.4. The highest BCUT2D eigenvalue weighted by Crippen LogP contribution is 2.33. The number of para-hydroxylation sites is 1. The van der Waals surface area contributed by atoms with Crippen molar-refractivity contribution in [1.29, 1.82) is 0 Å². The predicted molar refractivity (Wildman–Crippen MR) is 105 cm³/mol. The van der Waals surface area contributed by atoms with E-state index in [-0.39, 0.29) is 0 Å². The van der Waals surface area contributed by atoms with Crippen LogP contribution in [-0.4, -0.2) is 9.97 Å². The van der Waals surface area contributed by atoms with Gasteiger partial charge in [-0.3, -0.25) is 0 Å². The Hall–Kier alpha value is -2.09. The molecular formula is C23H28N2. The average molecular weight is 332 g/mol. The van der Waals surface area contributed by atoms with Gasteiger partial charge >= 0.3 is 0 Å². The molecule has 1 aliphatic carbocycles. The van der Waals surface area contributed by atoms with Crippen LogP contribution in [0.4, 0.5) is 0 Å². The molecule has 2 aromatic carbocycles. The van der Waals surface area contributed by atoms with Crippen LogP contribution in [-0.2, 0) is 6.42 Å². The summed E-state index contributed by atoms with van der Waals surface area (Å²) in [5.74, 6) is 2.29. The van der Waals surface area contributed by atoms with E-state index in [2.05, 4.69) is 61.3 Å². The summed E-state index contributed by atoms with van der Waals surface area (Å²) in [5.41, 5.74) is 6.50. The summed E-state index contributed by atoms with van der Waals surface area (Å²) in [5, 5.41) is 0. The Bertz CT molecular complexity index is 836. The summed E-state index contributed by atoms with van der Waals surface area (Å²) in [6.45, 7) is 4.36. The molecule has 2 nitrogen and oxygen atoms in total. The van der Waals surface area contributed by atoms with E-state index in [1.807, 2.05) is 0 Å². The molecule has 0 bridgehead atoms. The Morgan fingerprint density at radius 1 is 1.00 bits per heavy atom. The molecule has 0 radical (unpaired) electrons. The number of aromatic amines is 1. The van der Waals surface area contributed by atoms with Crippen molar-refractivity contribution >= 4 is 11.0 Å². The summed E-state index contributed by atoms with van der Waals surface area (Å²) in [6, 6.07) is 15.8. The van der Waals surface area contributed by atoms with Gasteiger partial charge in [0.25, 0.3) is 0 Å². The third kappa shape index (κ3) is 3.49. The second-order valence-corrected chi connectivity index (χ2v) is 7.84. The number of rotatable bonds is 4. The Morgan fingerprint density at radius 2 is 1.76 bits per heavy atom. The van der Waals surface area contributed by atoms with Crippen LogP contribution in [0.3, 0.4) is 0 Å². The van der Waals surface area contributed by atoms with Crippen LogP contribution in [0.25, 0.3) is 11.0 Å². The number of hydrogen-bond donors (Lipinski definition) is 1. The summed E-state index contributed by atoms with van der Waals surface area (Å²) in [6.07, 6.45) is 7.89. The summed E-state index contributed by atoms with van der Waals surface area (Å²) in [4.78, 5) is 8.31. The summed E-state index contributed by atoms with van der Waals surface area (Å²) < 4.78 is 0. The Labute approximate surface area is 150 Å². The van der Waals surface area contributed by atoms with E-state index in [0.717, 1.165) is 29.2 Å². The fourth-order valence-electron chi connectivity index (χ4n) is 4.09. The van der Waals surface area contributed by atoms with Gasteiger partial charge in [0.2, 0.25) is 0 Å². The van der Waals surface area contributed by atoms with Crippen LogP contribution in [0.15, 0.2) is 42.5 Å². The number of aromatic nitrogens is 2. The molecule has 1 heterocycles. The van der Waals surface area contributed by atoms with Crippen molar-refractivity contribution in [2.75, 3.05) is 0 Å². The first kappa shape index (κ1) is 16.4. The molecule has 0 amide bonds. The Balaban J connectivity index is 1.56. The molecule has 4 rings (SSSR count). The van der Waals surface area contributed by atoms with E-state index in [1.165, 1.54) is 48.8 Å². The Kier molecular flexibility index (Phi) is 4.61. The molecule has 1 N–H and O–H groups in total. The molecule has 1 aliphatic rings. The quantitative estimate of drug-likeness (QED) is 0.594. The second-order valence-electron chi connectivity index (χ2n) is 7.84. The minimum absolute atomic E-state index is 0.426. The molecule has 1 saturated carbocycles. The molecule has 0 atom stereocenters.